The number of aromatic nitrogens is 1. The van der Waals surface area contributed by atoms with Gasteiger partial charge in [0.15, 0.2) is 0 Å². The van der Waals surface area contributed by atoms with Crippen LogP contribution in [0.2, 0.25) is 0 Å². The van der Waals surface area contributed by atoms with E-state index in [-0.39, 0.29) is 0 Å². The second-order valence-corrected chi connectivity index (χ2v) is 3.19. The molecule has 0 spiro atoms. The first-order valence-electron chi connectivity index (χ1n) is 4.55. The molecule has 0 aliphatic rings. The summed E-state index contributed by atoms with van der Waals surface area (Å²) in [6.07, 6.45) is 2.38. The van der Waals surface area contributed by atoms with Crippen LogP contribution in [0.1, 0.15) is 16.8 Å². The molecule has 2 rings (SSSR count). The summed E-state index contributed by atoms with van der Waals surface area (Å²) in [6, 6.07) is 10.1. The van der Waals surface area contributed by atoms with E-state index in [1.54, 1.807) is 6.26 Å². The van der Waals surface area contributed by atoms with E-state index in [9.17, 15) is 0 Å². The average molecular weight is 188 g/mol. The minimum Gasteiger partial charge on any atom is -0.365 e. The highest BCUT2D eigenvalue weighted by atomic mass is 16.5. The van der Waals surface area contributed by atoms with Crippen LogP contribution in [0.25, 0.3) is 0 Å². The van der Waals surface area contributed by atoms with Gasteiger partial charge in [0.2, 0.25) is 0 Å². The van der Waals surface area contributed by atoms with Crippen molar-refractivity contribution in [3.63, 3.8) is 0 Å². The van der Waals surface area contributed by atoms with Crippen molar-refractivity contribution >= 4 is 0 Å². The number of nitrogens with zero attached hydrogens (tertiary/aromatic N) is 1. The van der Waals surface area contributed by atoms with E-state index in [0.29, 0.717) is 6.54 Å². The molecule has 1 aromatic heterocycles. The highest BCUT2D eigenvalue weighted by molar-refractivity contribution is 5.26. The van der Waals surface area contributed by atoms with Gasteiger partial charge >= 0.3 is 0 Å². The van der Waals surface area contributed by atoms with Crippen molar-refractivity contribution < 1.29 is 4.52 Å². The topological polar surface area (TPSA) is 52.0 Å². The van der Waals surface area contributed by atoms with E-state index < -0.39 is 0 Å². The molecule has 0 saturated heterocycles. The van der Waals surface area contributed by atoms with Crippen molar-refractivity contribution in [2.75, 3.05) is 0 Å². The van der Waals surface area contributed by atoms with Crippen LogP contribution in [-0.2, 0) is 13.0 Å². The van der Waals surface area contributed by atoms with Crippen LogP contribution in [0.3, 0.4) is 0 Å². The lowest BCUT2D eigenvalue weighted by molar-refractivity contribution is 0.413. The molecule has 14 heavy (non-hydrogen) atoms. The monoisotopic (exact) mass is 188 g/mol. The summed E-state index contributed by atoms with van der Waals surface area (Å²) < 4.78 is 4.77. The standard InChI is InChI=1S/C11H12N2O/c12-8-10-3-1-2-9(6-10)7-11-4-5-14-13-11/h1-6H,7-8,12H2. The zero-order valence-corrected chi connectivity index (χ0v) is 7.81. The molecule has 1 heterocycles. The fourth-order valence-electron chi connectivity index (χ4n) is 1.40. The van der Waals surface area contributed by atoms with Crippen LogP contribution < -0.4 is 5.73 Å². The van der Waals surface area contributed by atoms with E-state index in [1.807, 2.05) is 18.2 Å². The highest BCUT2D eigenvalue weighted by Crippen LogP contribution is 2.09. The Labute approximate surface area is 82.5 Å². The number of hydrogen-bond acceptors (Lipinski definition) is 3. The highest BCUT2D eigenvalue weighted by Gasteiger charge is 1.99. The van der Waals surface area contributed by atoms with Crippen LogP contribution in [0, 0.1) is 0 Å². The van der Waals surface area contributed by atoms with Crippen LogP contribution in [-0.4, -0.2) is 5.16 Å². The first kappa shape index (κ1) is 8.97. The molecule has 3 nitrogen and oxygen atoms in total. The number of rotatable bonds is 3. The van der Waals surface area contributed by atoms with Gasteiger partial charge in [-0.25, -0.2) is 0 Å². The van der Waals surface area contributed by atoms with Gasteiger partial charge in [-0.15, -0.1) is 0 Å². The Kier molecular flexibility index (Phi) is 2.60. The molecule has 0 amide bonds. The predicted octanol–water partition coefficient (Wildman–Crippen LogP) is 1.72. The van der Waals surface area contributed by atoms with Crippen molar-refractivity contribution in [1.82, 2.24) is 5.16 Å². The Hall–Kier alpha value is -1.61. The molecule has 0 bridgehead atoms. The Balaban J connectivity index is 2.17. The third kappa shape index (κ3) is 2.00. The molecule has 72 valence electrons. The molecule has 0 atom stereocenters. The molecule has 3 heteroatoms. The lowest BCUT2D eigenvalue weighted by Gasteiger charge is -2.00. The van der Waals surface area contributed by atoms with Gasteiger partial charge in [-0.2, -0.15) is 0 Å². The van der Waals surface area contributed by atoms with Crippen LogP contribution >= 0.6 is 0 Å². The fraction of sp³-hybridized carbons (Fsp3) is 0.182. The first-order valence-corrected chi connectivity index (χ1v) is 4.55. The van der Waals surface area contributed by atoms with E-state index in [0.717, 1.165) is 17.7 Å². The maximum atomic E-state index is 5.56. The van der Waals surface area contributed by atoms with Crippen molar-refractivity contribution in [3.05, 3.63) is 53.4 Å². The van der Waals surface area contributed by atoms with E-state index in [1.165, 1.54) is 5.56 Å². The third-order valence-corrected chi connectivity index (χ3v) is 2.10. The second kappa shape index (κ2) is 4.07. The van der Waals surface area contributed by atoms with E-state index in [2.05, 4.69) is 17.3 Å². The van der Waals surface area contributed by atoms with Gasteiger partial charge in [0, 0.05) is 19.0 Å². The van der Waals surface area contributed by atoms with Gasteiger partial charge in [-0.05, 0) is 11.1 Å². The summed E-state index contributed by atoms with van der Waals surface area (Å²) in [6.45, 7) is 0.576. The quantitative estimate of drug-likeness (QED) is 0.798. The van der Waals surface area contributed by atoms with Gasteiger partial charge in [-0.1, -0.05) is 29.4 Å². The largest absolute Gasteiger partial charge is 0.365 e. The SMILES string of the molecule is NCc1cccc(Cc2ccon2)c1. The van der Waals surface area contributed by atoms with Gasteiger partial charge in [0.1, 0.15) is 6.26 Å². The number of nitrogens with two attached hydrogens (primary N) is 1. The van der Waals surface area contributed by atoms with Gasteiger partial charge < -0.3 is 10.3 Å². The van der Waals surface area contributed by atoms with Crippen LogP contribution in [0.5, 0.6) is 0 Å². The number of benzene rings is 1. The molecule has 2 aromatic rings. The molecule has 0 saturated carbocycles. The summed E-state index contributed by atoms with van der Waals surface area (Å²) in [5, 5.41) is 3.86. The summed E-state index contributed by atoms with van der Waals surface area (Å²) in [7, 11) is 0. The van der Waals surface area contributed by atoms with Gasteiger partial charge in [0.05, 0.1) is 5.69 Å². The molecule has 0 fully saturated rings. The van der Waals surface area contributed by atoms with E-state index in [4.69, 9.17) is 10.3 Å². The van der Waals surface area contributed by atoms with Crippen molar-refractivity contribution in [1.29, 1.82) is 0 Å². The minimum atomic E-state index is 0.576. The maximum absolute atomic E-state index is 5.56. The summed E-state index contributed by atoms with van der Waals surface area (Å²) in [5.74, 6) is 0. The second-order valence-electron chi connectivity index (χ2n) is 3.19. The molecule has 0 unspecified atom stereocenters. The fourth-order valence-corrected chi connectivity index (χ4v) is 1.40. The van der Waals surface area contributed by atoms with Crippen molar-refractivity contribution in [2.45, 2.75) is 13.0 Å². The molecule has 0 aliphatic heterocycles. The third-order valence-electron chi connectivity index (χ3n) is 2.10. The van der Waals surface area contributed by atoms with E-state index >= 15 is 0 Å². The lowest BCUT2D eigenvalue weighted by atomic mass is 10.1. The Morgan fingerprint density at radius 2 is 2.07 bits per heavy atom. The molecule has 0 aliphatic carbocycles. The Morgan fingerprint density at radius 3 is 2.79 bits per heavy atom. The van der Waals surface area contributed by atoms with Crippen molar-refractivity contribution in [3.8, 4) is 0 Å². The first-order chi connectivity index (χ1) is 6.88. The zero-order chi connectivity index (χ0) is 9.80. The summed E-state index contributed by atoms with van der Waals surface area (Å²) in [4.78, 5) is 0. The molecular weight excluding hydrogens is 176 g/mol. The Bertz CT molecular complexity index is 395. The zero-order valence-electron chi connectivity index (χ0n) is 7.81. The maximum Gasteiger partial charge on any atom is 0.124 e. The van der Waals surface area contributed by atoms with Crippen LogP contribution in [0.15, 0.2) is 41.1 Å². The average Bonchev–Trinajstić information content (AvgIpc) is 2.71. The summed E-state index contributed by atoms with van der Waals surface area (Å²) in [5.41, 5.74) is 8.86. The van der Waals surface area contributed by atoms with Gasteiger partial charge in [-0.3, -0.25) is 0 Å². The lowest BCUT2D eigenvalue weighted by Crippen LogP contribution is -1.97. The molecular formula is C11H12N2O. The smallest absolute Gasteiger partial charge is 0.124 e. The van der Waals surface area contributed by atoms with Crippen molar-refractivity contribution in [2.24, 2.45) is 5.73 Å². The predicted molar refractivity (Wildman–Crippen MR) is 53.6 cm³/mol. The van der Waals surface area contributed by atoms with Gasteiger partial charge in [0.25, 0.3) is 0 Å². The molecule has 2 N–H and O–H groups in total. The van der Waals surface area contributed by atoms with Crippen LogP contribution in [0.4, 0.5) is 0 Å². The normalized spacial score (nSPS) is 10.4. The molecule has 1 aromatic carbocycles. The minimum absolute atomic E-state index is 0.576. The molecule has 0 radical (unpaired) electrons. The Morgan fingerprint density at radius 1 is 1.21 bits per heavy atom. The number of hydrogen-bond donors (Lipinski definition) is 1. The summed E-state index contributed by atoms with van der Waals surface area (Å²) >= 11 is 0.